The van der Waals surface area contributed by atoms with E-state index in [-0.39, 0.29) is 23.8 Å². The quantitative estimate of drug-likeness (QED) is 0.422. The molecule has 4 N–H and O–H groups in total. The molecule has 5 rings (SSSR count). The standard InChI is InChI=1S/C28H37FN6O4S/c1-30-27(39)33-23-22(20-16-18(29)6-7-21(20)40-23)24(36)34-14-8-19(9-15-34)35-13-5-10-28(17-35)25(37)31-11-3-2-4-12-32-26(28)38/h6-7,16,19H,2-5,8-15,17H2,1H3,(H,31,37)(H,32,38)(H2,30,33,39). The fraction of sp³-hybridized carbons (Fsp3) is 0.571. The number of halogens is 1. The molecule has 3 aliphatic heterocycles. The van der Waals surface area contributed by atoms with Crippen molar-refractivity contribution in [2.75, 3.05) is 51.6 Å². The third-order valence-electron chi connectivity index (χ3n) is 8.40. The summed E-state index contributed by atoms with van der Waals surface area (Å²) < 4.78 is 14.8. The molecule has 0 atom stereocenters. The van der Waals surface area contributed by atoms with E-state index in [4.69, 9.17) is 0 Å². The van der Waals surface area contributed by atoms with E-state index in [1.807, 2.05) is 0 Å². The summed E-state index contributed by atoms with van der Waals surface area (Å²) in [5.74, 6) is -1.06. The minimum Gasteiger partial charge on any atom is -0.355 e. The predicted octanol–water partition coefficient (Wildman–Crippen LogP) is 2.89. The summed E-state index contributed by atoms with van der Waals surface area (Å²) in [4.78, 5) is 56.4. The van der Waals surface area contributed by atoms with Crippen molar-refractivity contribution in [2.24, 2.45) is 5.41 Å². The Morgan fingerprint density at radius 1 is 1.02 bits per heavy atom. The van der Waals surface area contributed by atoms with Crippen LogP contribution < -0.4 is 21.3 Å². The lowest BCUT2D eigenvalue weighted by Crippen LogP contribution is -2.62. The predicted molar refractivity (Wildman–Crippen MR) is 152 cm³/mol. The normalized spacial score (nSPS) is 21.1. The molecule has 1 aromatic carbocycles. The lowest BCUT2D eigenvalue weighted by molar-refractivity contribution is -0.148. The summed E-state index contributed by atoms with van der Waals surface area (Å²) in [5.41, 5.74) is -0.795. The van der Waals surface area contributed by atoms with Gasteiger partial charge in [-0.25, -0.2) is 9.18 Å². The maximum Gasteiger partial charge on any atom is 0.319 e. The average Bonchev–Trinajstić information content (AvgIpc) is 3.32. The lowest BCUT2D eigenvalue weighted by Gasteiger charge is -2.46. The zero-order valence-electron chi connectivity index (χ0n) is 22.8. The topological polar surface area (TPSA) is 123 Å². The molecule has 10 nitrogen and oxygen atoms in total. The van der Waals surface area contributed by atoms with Gasteiger partial charge in [-0.1, -0.05) is 0 Å². The maximum atomic E-state index is 14.1. The van der Waals surface area contributed by atoms with Crippen LogP contribution in [0.3, 0.4) is 0 Å². The van der Waals surface area contributed by atoms with Gasteiger partial charge in [0.1, 0.15) is 16.2 Å². The number of fused-ring (bicyclic) bond motifs is 1. The summed E-state index contributed by atoms with van der Waals surface area (Å²) in [6.07, 6.45) is 5.44. The highest BCUT2D eigenvalue weighted by Gasteiger charge is 2.49. The smallest absolute Gasteiger partial charge is 0.319 e. The van der Waals surface area contributed by atoms with Crippen LogP contribution in [0.1, 0.15) is 55.3 Å². The molecule has 1 spiro atoms. The molecule has 4 heterocycles. The van der Waals surface area contributed by atoms with Crippen molar-refractivity contribution in [3.05, 3.63) is 29.6 Å². The number of amides is 5. The number of urea groups is 1. The van der Waals surface area contributed by atoms with Crippen molar-refractivity contribution in [1.29, 1.82) is 0 Å². The van der Waals surface area contributed by atoms with E-state index in [2.05, 4.69) is 26.2 Å². The van der Waals surface area contributed by atoms with Crippen LogP contribution in [0.15, 0.2) is 18.2 Å². The number of piperidine rings is 2. The van der Waals surface area contributed by atoms with Gasteiger partial charge in [-0.15, -0.1) is 11.3 Å². The Morgan fingerprint density at radius 2 is 1.73 bits per heavy atom. The molecule has 0 aliphatic carbocycles. The van der Waals surface area contributed by atoms with Crippen LogP contribution in [0.25, 0.3) is 10.1 Å². The van der Waals surface area contributed by atoms with Crippen LogP contribution >= 0.6 is 11.3 Å². The number of hydrogen-bond acceptors (Lipinski definition) is 6. The van der Waals surface area contributed by atoms with Crippen LogP contribution in [0, 0.1) is 11.2 Å². The summed E-state index contributed by atoms with van der Waals surface area (Å²) in [7, 11) is 1.49. The van der Waals surface area contributed by atoms with Crippen molar-refractivity contribution in [3.8, 4) is 0 Å². The van der Waals surface area contributed by atoms with Crippen LogP contribution in [0.5, 0.6) is 0 Å². The first-order chi connectivity index (χ1) is 19.3. The zero-order chi connectivity index (χ0) is 28.3. The number of hydrogen-bond donors (Lipinski definition) is 4. The molecule has 0 bridgehead atoms. The largest absolute Gasteiger partial charge is 0.355 e. The molecule has 2 aromatic rings. The van der Waals surface area contributed by atoms with E-state index in [0.29, 0.717) is 72.6 Å². The molecule has 3 aliphatic rings. The highest BCUT2D eigenvalue weighted by atomic mass is 32.1. The molecule has 0 unspecified atom stereocenters. The van der Waals surface area contributed by atoms with Crippen LogP contribution in [0.4, 0.5) is 14.2 Å². The van der Waals surface area contributed by atoms with Gasteiger partial charge in [-0.2, -0.15) is 0 Å². The first-order valence-corrected chi connectivity index (χ1v) is 14.9. The van der Waals surface area contributed by atoms with Crippen molar-refractivity contribution in [2.45, 2.75) is 51.0 Å². The Labute approximate surface area is 237 Å². The second kappa shape index (κ2) is 12.1. The number of thiophene rings is 1. The average molecular weight is 573 g/mol. The SMILES string of the molecule is CNC(=O)Nc1sc2ccc(F)cc2c1C(=O)N1CCC(N2CCCC3(C2)C(=O)NCCCCCNC3=O)CC1. The van der Waals surface area contributed by atoms with Gasteiger partial charge in [0, 0.05) is 55.9 Å². The van der Waals surface area contributed by atoms with Gasteiger partial charge < -0.3 is 20.9 Å². The number of nitrogens with zero attached hydrogens (tertiary/aromatic N) is 2. The summed E-state index contributed by atoms with van der Waals surface area (Å²) >= 11 is 1.24. The van der Waals surface area contributed by atoms with E-state index in [0.717, 1.165) is 32.2 Å². The van der Waals surface area contributed by atoms with Gasteiger partial charge in [0.15, 0.2) is 0 Å². The van der Waals surface area contributed by atoms with Gasteiger partial charge in [-0.3, -0.25) is 24.6 Å². The summed E-state index contributed by atoms with van der Waals surface area (Å²) in [5, 5.41) is 12.1. The number of benzene rings is 1. The van der Waals surface area contributed by atoms with Gasteiger partial charge in [0.2, 0.25) is 11.8 Å². The third-order valence-corrected chi connectivity index (χ3v) is 9.49. The second-order valence-corrected chi connectivity index (χ2v) is 12.0. The van der Waals surface area contributed by atoms with Gasteiger partial charge >= 0.3 is 6.03 Å². The van der Waals surface area contributed by atoms with E-state index >= 15 is 0 Å². The monoisotopic (exact) mass is 572 g/mol. The van der Waals surface area contributed by atoms with E-state index in [1.165, 1.54) is 30.5 Å². The molecule has 40 heavy (non-hydrogen) atoms. The molecular formula is C28H37FN6O4S. The highest BCUT2D eigenvalue weighted by molar-refractivity contribution is 7.23. The molecule has 3 fully saturated rings. The maximum absolute atomic E-state index is 14.1. The summed E-state index contributed by atoms with van der Waals surface area (Å²) in [6, 6.07) is 3.98. The highest BCUT2D eigenvalue weighted by Crippen LogP contribution is 2.38. The Hall–Kier alpha value is -3.25. The molecule has 12 heteroatoms. The molecule has 1 aromatic heterocycles. The molecule has 3 saturated heterocycles. The first kappa shape index (κ1) is 28.3. The van der Waals surface area contributed by atoms with Crippen LogP contribution in [0.2, 0.25) is 0 Å². The summed E-state index contributed by atoms with van der Waals surface area (Å²) in [6.45, 7) is 3.32. The molecule has 216 valence electrons. The number of likely N-dealkylation sites (tertiary alicyclic amines) is 2. The number of carbonyl (C=O) groups is 4. The minimum atomic E-state index is -1.09. The van der Waals surface area contributed by atoms with Crippen molar-refractivity contribution < 1.29 is 23.6 Å². The van der Waals surface area contributed by atoms with Crippen molar-refractivity contribution >= 4 is 50.2 Å². The molecule has 0 saturated carbocycles. The Morgan fingerprint density at radius 3 is 2.40 bits per heavy atom. The number of nitrogens with one attached hydrogen (secondary N) is 4. The Bertz CT molecular complexity index is 1270. The molecule has 0 radical (unpaired) electrons. The van der Waals surface area contributed by atoms with E-state index in [1.54, 1.807) is 11.0 Å². The van der Waals surface area contributed by atoms with Gasteiger partial charge in [0.25, 0.3) is 5.91 Å². The van der Waals surface area contributed by atoms with Crippen LogP contribution in [-0.2, 0) is 9.59 Å². The first-order valence-electron chi connectivity index (χ1n) is 14.1. The third kappa shape index (κ3) is 5.64. The molecule has 5 amide bonds. The number of carbonyl (C=O) groups excluding carboxylic acids is 4. The fourth-order valence-corrected chi connectivity index (χ4v) is 7.24. The van der Waals surface area contributed by atoms with Crippen molar-refractivity contribution in [1.82, 2.24) is 25.8 Å². The second-order valence-electron chi connectivity index (χ2n) is 10.9. The zero-order valence-corrected chi connectivity index (χ0v) is 23.6. The number of rotatable bonds is 3. The molecular weight excluding hydrogens is 535 g/mol. The minimum absolute atomic E-state index is 0.136. The van der Waals surface area contributed by atoms with Gasteiger partial charge in [0.05, 0.1) is 5.56 Å². The van der Waals surface area contributed by atoms with Gasteiger partial charge in [-0.05, 0) is 69.7 Å². The fourth-order valence-electron chi connectivity index (χ4n) is 6.17. The van der Waals surface area contributed by atoms with Crippen molar-refractivity contribution in [3.63, 3.8) is 0 Å². The van der Waals surface area contributed by atoms with E-state index in [9.17, 15) is 23.6 Å². The van der Waals surface area contributed by atoms with Crippen LogP contribution in [-0.4, -0.2) is 85.9 Å². The van der Waals surface area contributed by atoms with E-state index < -0.39 is 17.3 Å². The Kier molecular flexibility index (Phi) is 8.55. The Balaban J connectivity index is 1.30. The number of anilines is 1. The lowest BCUT2D eigenvalue weighted by atomic mass is 9.76.